The number of halogens is 1. The lowest BCUT2D eigenvalue weighted by atomic mass is 10.00. The lowest BCUT2D eigenvalue weighted by molar-refractivity contribution is -0.116. The minimum atomic E-state index is -1.26. The molecule has 1 spiro atoms. The van der Waals surface area contributed by atoms with Crippen molar-refractivity contribution in [3.05, 3.63) is 46.5 Å². The van der Waals surface area contributed by atoms with Gasteiger partial charge in [0.15, 0.2) is 0 Å². The van der Waals surface area contributed by atoms with Gasteiger partial charge in [0.05, 0.1) is 5.69 Å². The first-order valence-electron chi connectivity index (χ1n) is 5.85. The zero-order chi connectivity index (χ0) is 14.5. The average molecular weight is 294 g/mol. The molecule has 7 heteroatoms. The van der Waals surface area contributed by atoms with Crippen molar-refractivity contribution in [2.24, 2.45) is 11.5 Å². The molecule has 1 unspecified atom stereocenters. The second-order valence-electron chi connectivity index (χ2n) is 4.56. The number of hydrogen-bond acceptors (Lipinski definition) is 5. The number of allylic oxidation sites excluding steroid dienone is 1. The van der Waals surface area contributed by atoms with E-state index in [4.69, 9.17) is 32.5 Å². The Morgan fingerprint density at radius 1 is 1.45 bits per heavy atom. The topological polar surface area (TPSA) is 99.6 Å². The number of fused-ring (bicyclic) bond motifs is 1. The second-order valence-corrected chi connectivity index (χ2v) is 5.00. The number of rotatable bonds is 1. The van der Waals surface area contributed by atoms with Crippen molar-refractivity contribution < 1.29 is 14.3 Å². The lowest BCUT2D eigenvalue weighted by Crippen LogP contribution is -2.48. The maximum Gasteiger partial charge on any atom is 0.256 e. The van der Waals surface area contributed by atoms with Crippen molar-refractivity contribution in [2.45, 2.75) is 12.6 Å². The molecule has 3 rings (SSSR count). The predicted octanol–water partition coefficient (Wildman–Crippen LogP) is 1.43. The van der Waals surface area contributed by atoms with E-state index in [1.165, 1.54) is 0 Å². The quantitative estimate of drug-likeness (QED) is 0.727. The molecule has 0 aromatic heterocycles. The number of nitrogens with one attached hydrogen (secondary N) is 1. The first-order chi connectivity index (χ1) is 9.41. The van der Waals surface area contributed by atoms with Crippen molar-refractivity contribution >= 4 is 23.2 Å². The molecule has 1 atom stereocenters. The Hall–Kier alpha value is -2.34. The van der Waals surface area contributed by atoms with Gasteiger partial charge >= 0.3 is 0 Å². The molecule has 104 valence electrons. The number of anilines is 1. The van der Waals surface area contributed by atoms with Crippen LogP contribution in [0.4, 0.5) is 5.69 Å². The first-order valence-corrected chi connectivity index (χ1v) is 6.23. The molecule has 0 saturated heterocycles. The van der Waals surface area contributed by atoms with Crippen molar-refractivity contribution in [2.75, 3.05) is 5.32 Å². The molecule has 5 N–H and O–H groups in total. The second kappa shape index (κ2) is 4.08. The Balaban J connectivity index is 2.13. The smallest absolute Gasteiger partial charge is 0.256 e. The van der Waals surface area contributed by atoms with Crippen LogP contribution in [0.15, 0.2) is 41.5 Å². The van der Waals surface area contributed by atoms with Crippen molar-refractivity contribution in [3.63, 3.8) is 0 Å². The van der Waals surface area contributed by atoms with Gasteiger partial charge in [-0.15, -0.1) is 0 Å². The van der Waals surface area contributed by atoms with E-state index in [0.29, 0.717) is 22.2 Å². The van der Waals surface area contributed by atoms with Gasteiger partial charge in [0.1, 0.15) is 17.1 Å². The largest absolute Gasteiger partial charge is 0.457 e. The highest BCUT2D eigenvalue weighted by atomic mass is 35.5. The molecular formula is C13H12ClN3O3. The number of carbonyl (C=O) groups is 1. The summed E-state index contributed by atoms with van der Waals surface area (Å²) in [6, 6.07) is 5.08. The van der Waals surface area contributed by atoms with Crippen LogP contribution in [0.1, 0.15) is 6.92 Å². The molecular weight excluding hydrogens is 282 g/mol. The summed E-state index contributed by atoms with van der Waals surface area (Å²) in [5.74, 6) is 0.243. The molecule has 20 heavy (non-hydrogen) atoms. The van der Waals surface area contributed by atoms with Gasteiger partial charge in [-0.25, -0.2) is 0 Å². The van der Waals surface area contributed by atoms with Crippen molar-refractivity contribution in [3.8, 4) is 5.75 Å². The molecule has 2 aliphatic heterocycles. The molecule has 0 fully saturated rings. The van der Waals surface area contributed by atoms with E-state index in [0.717, 1.165) is 0 Å². The molecule has 0 bridgehead atoms. The van der Waals surface area contributed by atoms with Crippen LogP contribution in [-0.4, -0.2) is 11.6 Å². The van der Waals surface area contributed by atoms with Crippen LogP contribution < -0.4 is 21.5 Å². The van der Waals surface area contributed by atoms with Crippen LogP contribution in [0.5, 0.6) is 5.75 Å². The summed E-state index contributed by atoms with van der Waals surface area (Å²) in [4.78, 5) is 11.7. The van der Waals surface area contributed by atoms with Crippen LogP contribution in [0, 0.1) is 0 Å². The number of amides is 1. The number of nitrogens with two attached hydrogens (primary N) is 2. The minimum absolute atomic E-state index is 0.0235. The zero-order valence-corrected chi connectivity index (χ0v) is 11.3. The molecule has 2 aliphatic rings. The van der Waals surface area contributed by atoms with E-state index in [1.54, 1.807) is 31.2 Å². The Kier molecular flexibility index (Phi) is 2.58. The summed E-state index contributed by atoms with van der Waals surface area (Å²) in [5.41, 5.74) is 10.6. The molecule has 1 aromatic carbocycles. The van der Waals surface area contributed by atoms with Gasteiger partial charge in [0, 0.05) is 11.1 Å². The lowest BCUT2D eigenvalue weighted by Gasteiger charge is -2.31. The molecule has 2 heterocycles. The summed E-state index contributed by atoms with van der Waals surface area (Å²) in [6.45, 7) is 1.70. The van der Waals surface area contributed by atoms with Crippen LogP contribution in [0.2, 0.25) is 5.02 Å². The Morgan fingerprint density at radius 2 is 2.20 bits per heavy atom. The first kappa shape index (κ1) is 12.7. The average Bonchev–Trinajstić information content (AvgIpc) is 2.63. The summed E-state index contributed by atoms with van der Waals surface area (Å²) < 4.78 is 11.1. The van der Waals surface area contributed by atoms with Gasteiger partial charge in [0.2, 0.25) is 11.6 Å². The summed E-state index contributed by atoms with van der Waals surface area (Å²) in [5, 5.41) is 3.62. The fourth-order valence-corrected chi connectivity index (χ4v) is 2.54. The van der Waals surface area contributed by atoms with E-state index in [1.807, 2.05) is 0 Å². The number of carbonyl (C=O) groups excluding carboxylic acids is 1. The molecule has 1 amide bonds. The molecule has 0 saturated carbocycles. The maximum absolute atomic E-state index is 11.7. The van der Waals surface area contributed by atoms with Crippen LogP contribution >= 0.6 is 11.6 Å². The highest BCUT2D eigenvalue weighted by Crippen LogP contribution is 2.44. The maximum atomic E-state index is 11.7. The Bertz CT molecular complexity index is 683. The number of benzene rings is 1. The fourth-order valence-electron chi connectivity index (χ4n) is 2.37. The number of ether oxygens (including phenoxy) is 2. The number of hydrogen-bond donors (Lipinski definition) is 3. The molecule has 0 radical (unpaired) electrons. The van der Waals surface area contributed by atoms with Gasteiger partial charge in [0.25, 0.3) is 5.91 Å². The van der Waals surface area contributed by atoms with E-state index >= 15 is 0 Å². The van der Waals surface area contributed by atoms with Crippen molar-refractivity contribution in [1.29, 1.82) is 0 Å². The van der Waals surface area contributed by atoms with Gasteiger partial charge < -0.3 is 26.3 Å². The fraction of sp³-hybridized carbons (Fsp3) is 0.154. The summed E-state index contributed by atoms with van der Waals surface area (Å²) in [7, 11) is 0. The monoisotopic (exact) mass is 293 g/mol. The normalized spacial score (nSPS) is 23.6. The summed E-state index contributed by atoms with van der Waals surface area (Å²) >= 11 is 5.94. The third-order valence-corrected chi connectivity index (χ3v) is 3.31. The molecule has 0 aliphatic carbocycles. The van der Waals surface area contributed by atoms with E-state index in [2.05, 4.69) is 5.32 Å². The van der Waals surface area contributed by atoms with Crippen LogP contribution in [-0.2, 0) is 9.53 Å². The van der Waals surface area contributed by atoms with Gasteiger partial charge in [-0.3, -0.25) is 4.79 Å². The predicted molar refractivity (Wildman–Crippen MR) is 73.7 cm³/mol. The summed E-state index contributed by atoms with van der Waals surface area (Å²) in [6.07, 6.45) is 1.61. The van der Waals surface area contributed by atoms with E-state index in [-0.39, 0.29) is 11.5 Å². The minimum Gasteiger partial charge on any atom is -0.457 e. The van der Waals surface area contributed by atoms with Gasteiger partial charge in [-0.1, -0.05) is 11.6 Å². The third-order valence-electron chi connectivity index (χ3n) is 3.07. The SMILES string of the molecule is CC1=CC2(Nc3cc(Cl)ccc3O2)C(C(N)=O)=C(N)O1. The van der Waals surface area contributed by atoms with Crippen molar-refractivity contribution in [1.82, 2.24) is 0 Å². The Labute approximate surface area is 120 Å². The highest BCUT2D eigenvalue weighted by Gasteiger charge is 2.48. The van der Waals surface area contributed by atoms with Crippen LogP contribution in [0.3, 0.4) is 0 Å². The zero-order valence-electron chi connectivity index (χ0n) is 10.6. The Morgan fingerprint density at radius 3 is 2.90 bits per heavy atom. The van der Waals surface area contributed by atoms with Gasteiger partial charge in [-0.05, 0) is 25.1 Å². The molecule has 1 aromatic rings. The van der Waals surface area contributed by atoms with E-state index in [9.17, 15) is 4.79 Å². The highest BCUT2D eigenvalue weighted by molar-refractivity contribution is 6.31. The third kappa shape index (κ3) is 1.77. The van der Waals surface area contributed by atoms with E-state index < -0.39 is 11.6 Å². The standard InChI is InChI=1S/C13H12ClN3O3/c1-6-5-13(10(11(15)18)12(16)19-6)17-8-4-7(14)2-3-9(8)20-13/h2-5,17H,16H2,1H3,(H2,15,18). The molecule has 6 nitrogen and oxygen atoms in total. The van der Waals surface area contributed by atoms with Crippen LogP contribution in [0.25, 0.3) is 0 Å². The van der Waals surface area contributed by atoms with Gasteiger partial charge in [-0.2, -0.15) is 0 Å². The number of primary amides is 1.